The van der Waals surface area contributed by atoms with Crippen LogP contribution in [0.25, 0.3) is 0 Å². The molecule has 0 saturated heterocycles. The number of rotatable bonds is 5. The van der Waals surface area contributed by atoms with Crippen molar-refractivity contribution in [3.63, 3.8) is 0 Å². The zero-order chi connectivity index (χ0) is 15.4. The summed E-state index contributed by atoms with van der Waals surface area (Å²) in [6.45, 7) is 1.55. The fraction of sp³-hybridized carbons (Fsp3) is 0.412. The van der Waals surface area contributed by atoms with Crippen molar-refractivity contribution in [3.05, 3.63) is 52.8 Å². The van der Waals surface area contributed by atoms with Gasteiger partial charge in [-0.25, -0.2) is 0 Å². The van der Waals surface area contributed by atoms with Crippen molar-refractivity contribution in [1.82, 2.24) is 15.1 Å². The van der Waals surface area contributed by atoms with Gasteiger partial charge in [-0.15, -0.1) is 0 Å². The van der Waals surface area contributed by atoms with Crippen LogP contribution in [-0.4, -0.2) is 34.1 Å². The minimum atomic E-state index is -0.0197. The summed E-state index contributed by atoms with van der Waals surface area (Å²) in [5.74, 6) is -0.0197. The summed E-state index contributed by atoms with van der Waals surface area (Å²) >= 11 is 0. The van der Waals surface area contributed by atoms with Gasteiger partial charge in [-0.3, -0.25) is 9.89 Å². The van der Waals surface area contributed by atoms with Crippen LogP contribution in [-0.2, 0) is 19.4 Å². The van der Waals surface area contributed by atoms with Crippen molar-refractivity contribution in [1.29, 1.82) is 0 Å². The zero-order valence-electron chi connectivity index (χ0n) is 12.7. The molecule has 1 aromatic heterocycles. The molecule has 0 radical (unpaired) electrons. The van der Waals surface area contributed by atoms with E-state index >= 15 is 0 Å². The average Bonchev–Trinajstić information content (AvgIpc) is 2.99. The molecule has 0 unspecified atom stereocenters. The number of nitrogens with one attached hydrogen (secondary N) is 1. The Hall–Kier alpha value is -2.14. The lowest BCUT2D eigenvalue weighted by molar-refractivity contribution is 0.0741. The maximum Gasteiger partial charge on any atom is 0.274 e. The van der Waals surface area contributed by atoms with E-state index in [9.17, 15) is 4.79 Å². The van der Waals surface area contributed by atoms with E-state index in [4.69, 9.17) is 5.73 Å². The standard InChI is InChI=1S/C17H22N4O/c18-10-11-21(12-13-6-2-1-3-7-13)17(22)16-14-8-4-5-9-15(14)19-20-16/h1-3,6-7H,4-5,8-12,18H2,(H,19,20). The molecule has 1 amide bonds. The normalized spacial score (nSPS) is 13.7. The van der Waals surface area contributed by atoms with Crippen molar-refractivity contribution in [2.45, 2.75) is 32.2 Å². The molecule has 116 valence electrons. The maximum absolute atomic E-state index is 12.9. The largest absolute Gasteiger partial charge is 0.332 e. The highest BCUT2D eigenvalue weighted by atomic mass is 16.2. The number of nitrogens with two attached hydrogens (primary N) is 1. The van der Waals surface area contributed by atoms with Crippen LogP contribution in [0.2, 0.25) is 0 Å². The second kappa shape index (κ2) is 6.75. The molecule has 1 aliphatic rings. The number of H-pyrrole nitrogens is 1. The molecule has 0 spiro atoms. The average molecular weight is 298 g/mol. The third-order valence-corrected chi connectivity index (χ3v) is 4.16. The van der Waals surface area contributed by atoms with Gasteiger partial charge < -0.3 is 10.6 Å². The Balaban J connectivity index is 1.82. The lowest BCUT2D eigenvalue weighted by Gasteiger charge is -2.22. The van der Waals surface area contributed by atoms with Gasteiger partial charge in [-0.2, -0.15) is 5.10 Å². The van der Waals surface area contributed by atoms with E-state index in [1.807, 2.05) is 30.3 Å². The van der Waals surface area contributed by atoms with Crippen LogP contribution in [0, 0.1) is 0 Å². The third-order valence-electron chi connectivity index (χ3n) is 4.16. The van der Waals surface area contributed by atoms with Crippen LogP contribution >= 0.6 is 0 Å². The van der Waals surface area contributed by atoms with Crippen LogP contribution in [0.15, 0.2) is 30.3 Å². The summed E-state index contributed by atoms with van der Waals surface area (Å²) in [5.41, 5.74) is 9.61. The number of fused-ring (bicyclic) bond motifs is 1. The quantitative estimate of drug-likeness (QED) is 0.885. The highest BCUT2D eigenvalue weighted by Gasteiger charge is 2.25. The number of hydrogen-bond donors (Lipinski definition) is 2. The number of benzene rings is 1. The van der Waals surface area contributed by atoms with Crippen LogP contribution in [0.4, 0.5) is 0 Å². The molecule has 0 fully saturated rings. The molecule has 3 N–H and O–H groups in total. The van der Waals surface area contributed by atoms with Gasteiger partial charge in [0.1, 0.15) is 0 Å². The zero-order valence-corrected chi connectivity index (χ0v) is 12.7. The molecule has 1 heterocycles. The van der Waals surface area contributed by atoms with Crippen molar-refractivity contribution in [3.8, 4) is 0 Å². The Morgan fingerprint density at radius 1 is 1.23 bits per heavy atom. The monoisotopic (exact) mass is 298 g/mol. The number of carbonyl (C=O) groups excluding carboxylic acids is 1. The SMILES string of the molecule is NCCN(Cc1ccccc1)C(=O)c1n[nH]c2c1CCCC2. The summed E-state index contributed by atoms with van der Waals surface area (Å²) in [5, 5.41) is 7.32. The number of aryl methyl sites for hydroxylation is 1. The molecule has 5 nitrogen and oxygen atoms in total. The van der Waals surface area contributed by atoms with E-state index in [0.29, 0.717) is 25.3 Å². The number of carbonyl (C=O) groups is 1. The fourth-order valence-electron chi connectivity index (χ4n) is 3.02. The summed E-state index contributed by atoms with van der Waals surface area (Å²) in [7, 11) is 0. The maximum atomic E-state index is 12.9. The van der Waals surface area contributed by atoms with Crippen LogP contribution in [0.3, 0.4) is 0 Å². The third kappa shape index (κ3) is 3.04. The topological polar surface area (TPSA) is 75.0 Å². The molecule has 22 heavy (non-hydrogen) atoms. The Labute approximate surface area is 130 Å². The predicted octanol–water partition coefficient (Wildman–Crippen LogP) is 1.89. The molecular formula is C17H22N4O. The molecule has 0 aliphatic heterocycles. The highest BCUT2D eigenvalue weighted by molar-refractivity contribution is 5.94. The van der Waals surface area contributed by atoms with Crippen LogP contribution in [0.5, 0.6) is 0 Å². The fourth-order valence-corrected chi connectivity index (χ4v) is 3.02. The Morgan fingerprint density at radius 3 is 2.77 bits per heavy atom. The van der Waals surface area contributed by atoms with Crippen molar-refractivity contribution in [2.75, 3.05) is 13.1 Å². The minimum Gasteiger partial charge on any atom is -0.332 e. The van der Waals surface area contributed by atoms with Gasteiger partial charge in [0.25, 0.3) is 5.91 Å². The second-order valence-corrected chi connectivity index (χ2v) is 5.74. The summed E-state index contributed by atoms with van der Waals surface area (Å²) in [4.78, 5) is 14.7. The first-order valence-electron chi connectivity index (χ1n) is 7.89. The van der Waals surface area contributed by atoms with E-state index in [2.05, 4.69) is 10.2 Å². The van der Waals surface area contributed by atoms with Crippen molar-refractivity contribution < 1.29 is 4.79 Å². The number of amides is 1. The molecule has 1 aromatic carbocycles. The summed E-state index contributed by atoms with van der Waals surface area (Å²) in [6.07, 6.45) is 4.22. The first-order valence-corrected chi connectivity index (χ1v) is 7.89. The number of nitrogens with zero attached hydrogens (tertiary/aromatic N) is 2. The molecule has 1 aliphatic carbocycles. The molecule has 5 heteroatoms. The molecule has 2 aromatic rings. The molecule has 0 atom stereocenters. The summed E-state index contributed by atoms with van der Waals surface area (Å²) in [6, 6.07) is 9.99. The first-order chi connectivity index (χ1) is 10.8. The summed E-state index contributed by atoms with van der Waals surface area (Å²) < 4.78 is 0. The van der Waals surface area contributed by atoms with Crippen molar-refractivity contribution >= 4 is 5.91 Å². The second-order valence-electron chi connectivity index (χ2n) is 5.74. The van der Waals surface area contributed by atoms with Gasteiger partial charge in [0.15, 0.2) is 5.69 Å². The Bertz CT molecular complexity index is 635. The molecular weight excluding hydrogens is 276 g/mol. The van der Waals surface area contributed by atoms with E-state index in [-0.39, 0.29) is 5.91 Å². The molecule has 3 rings (SSSR count). The molecule has 0 saturated carbocycles. The van der Waals surface area contributed by atoms with E-state index in [1.54, 1.807) is 4.90 Å². The first kappa shape index (κ1) is 14.8. The lowest BCUT2D eigenvalue weighted by atomic mass is 9.95. The number of hydrogen-bond acceptors (Lipinski definition) is 3. The number of aromatic nitrogens is 2. The predicted molar refractivity (Wildman–Crippen MR) is 85.5 cm³/mol. The highest BCUT2D eigenvalue weighted by Crippen LogP contribution is 2.23. The van der Waals surface area contributed by atoms with Crippen molar-refractivity contribution in [2.24, 2.45) is 5.73 Å². The van der Waals surface area contributed by atoms with E-state index in [1.165, 1.54) is 6.42 Å². The van der Waals surface area contributed by atoms with Gasteiger partial charge in [-0.1, -0.05) is 30.3 Å². The van der Waals surface area contributed by atoms with Gasteiger partial charge in [0.2, 0.25) is 0 Å². The smallest absolute Gasteiger partial charge is 0.274 e. The Morgan fingerprint density at radius 2 is 2.00 bits per heavy atom. The van der Waals surface area contributed by atoms with Gasteiger partial charge in [0.05, 0.1) is 0 Å². The van der Waals surface area contributed by atoms with Crippen LogP contribution < -0.4 is 5.73 Å². The van der Waals surface area contributed by atoms with E-state index < -0.39 is 0 Å². The van der Waals surface area contributed by atoms with Gasteiger partial charge >= 0.3 is 0 Å². The number of aromatic amines is 1. The Kier molecular flexibility index (Phi) is 4.53. The lowest BCUT2D eigenvalue weighted by Crippen LogP contribution is -2.35. The van der Waals surface area contributed by atoms with Crippen LogP contribution in [0.1, 0.15) is 40.2 Å². The van der Waals surface area contributed by atoms with Gasteiger partial charge in [-0.05, 0) is 31.2 Å². The molecule has 0 bridgehead atoms. The van der Waals surface area contributed by atoms with E-state index in [0.717, 1.165) is 36.1 Å². The minimum absolute atomic E-state index is 0.0197. The van der Waals surface area contributed by atoms with Gasteiger partial charge in [0, 0.05) is 30.9 Å².